The van der Waals surface area contributed by atoms with Crippen LogP contribution in [-0.2, 0) is 9.53 Å². The molecule has 2 aromatic rings. The fourth-order valence-corrected chi connectivity index (χ4v) is 2.29. The molecule has 0 aliphatic rings. The van der Waals surface area contributed by atoms with Gasteiger partial charge in [-0.05, 0) is 48.9 Å². The summed E-state index contributed by atoms with van der Waals surface area (Å²) in [5, 5.41) is 6.00. The van der Waals surface area contributed by atoms with Crippen LogP contribution in [0, 0.1) is 6.92 Å². The Kier molecular flexibility index (Phi) is 6.39. The van der Waals surface area contributed by atoms with Crippen molar-refractivity contribution in [3.8, 4) is 5.75 Å². The van der Waals surface area contributed by atoms with Crippen LogP contribution in [0.3, 0.4) is 0 Å². The van der Waals surface area contributed by atoms with Crippen LogP contribution in [0.4, 0.5) is 11.4 Å². The molecule has 1 amide bonds. The quantitative estimate of drug-likeness (QED) is 0.756. The molecule has 0 aliphatic heterocycles. The summed E-state index contributed by atoms with van der Waals surface area (Å²) in [5.41, 5.74) is 3.01. The van der Waals surface area contributed by atoms with E-state index in [9.17, 15) is 9.59 Å². The fourth-order valence-electron chi connectivity index (χ4n) is 2.29. The first-order valence-electron chi connectivity index (χ1n) is 7.90. The van der Waals surface area contributed by atoms with E-state index in [1.165, 1.54) is 7.11 Å². The summed E-state index contributed by atoms with van der Waals surface area (Å²) in [5.74, 6) is 0.144. The number of esters is 1. The van der Waals surface area contributed by atoms with E-state index >= 15 is 0 Å². The van der Waals surface area contributed by atoms with Crippen molar-refractivity contribution in [1.82, 2.24) is 0 Å². The standard InChI is InChI=1S/C19H22N2O4/c1-13-4-9-17(24-2)16(12-13)21-18(22)10-11-20-15-7-5-14(6-8-15)19(23)25-3/h4-9,12,20H,10-11H2,1-3H3,(H,21,22). The maximum atomic E-state index is 12.1. The van der Waals surface area contributed by atoms with E-state index in [0.29, 0.717) is 30.0 Å². The zero-order valence-electron chi connectivity index (χ0n) is 14.6. The molecule has 2 aromatic carbocycles. The van der Waals surface area contributed by atoms with E-state index in [2.05, 4.69) is 15.4 Å². The minimum absolute atomic E-state index is 0.109. The van der Waals surface area contributed by atoms with Crippen molar-refractivity contribution in [1.29, 1.82) is 0 Å². The van der Waals surface area contributed by atoms with Crippen LogP contribution in [0.5, 0.6) is 5.75 Å². The number of anilines is 2. The number of nitrogens with one attached hydrogen (secondary N) is 2. The van der Waals surface area contributed by atoms with Gasteiger partial charge in [-0.2, -0.15) is 0 Å². The van der Waals surface area contributed by atoms with Gasteiger partial charge in [0.15, 0.2) is 0 Å². The molecule has 0 spiro atoms. The zero-order chi connectivity index (χ0) is 18.2. The smallest absolute Gasteiger partial charge is 0.337 e. The van der Waals surface area contributed by atoms with Crippen molar-refractivity contribution in [2.45, 2.75) is 13.3 Å². The number of amides is 1. The number of carbonyl (C=O) groups is 2. The summed E-state index contributed by atoms with van der Waals surface area (Å²) in [4.78, 5) is 23.5. The second-order valence-electron chi connectivity index (χ2n) is 5.50. The Balaban J connectivity index is 1.84. The summed E-state index contributed by atoms with van der Waals surface area (Å²) >= 11 is 0. The summed E-state index contributed by atoms with van der Waals surface area (Å²) in [6.45, 7) is 2.42. The minimum atomic E-state index is -0.377. The van der Waals surface area contributed by atoms with Gasteiger partial charge < -0.3 is 20.1 Å². The molecule has 0 fully saturated rings. The third kappa shape index (κ3) is 5.24. The average molecular weight is 342 g/mol. The molecule has 25 heavy (non-hydrogen) atoms. The van der Waals surface area contributed by atoms with Crippen LogP contribution in [0.1, 0.15) is 22.3 Å². The van der Waals surface area contributed by atoms with Crippen LogP contribution in [0.15, 0.2) is 42.5 Å². The van der Waals surface area contributed by atoms with Gasteiger partial charge >= 0.3 is 5.97 Å². The monoisotopic (exact) mass is 342 g/mol. The van der Waals surface area contributed by atoms with Gasteiger partial charge in [-0.15, -0.1) is 0 Å². The molecule has 0 bridgehead atoms. The Labute approximate surface area is 147 Å². The van der Waals surface area contributed by atoms with Gasteiger partial charge in [-0.3, -0.25) is 4.79 Å². The number of hydrogen-bond donors (Lipinski definition) is 2. The number of benzene rings is 2. The summed E-state index contributed by atoms with van der Waals surface area (Å²) < 4.78 is 9.90. The van der Waals surface area contributed by atoms with Gasteiger partial charge in [0.2, 0.25) is 5.91 Å². The molecular weight excluding hydrogens is 320 g/mol. The molecule has 0 unspecified atom stereocenters. The van der Waals surface area contributed by atoms with Gasteiger partial charge in [0.05, 0.1) is 25.5 Å². The Hall–Kier alpha value is -3.02. The largest absolute Gasteiger partial charge is 0.495 e. The number of hydrogen-bond acceptors (Lipinski definition) is 5. The highest BCUT2D eigenvalue weighted by Crippen LogP contribution is 2.25. The third-order valence-corrected chi connectivity index (χ3v) is 3.62. The van der Waals surface area contributed by atoms with Crippen molar-refractivity contribution in [2.24, 2.45) is 0 Å². The average Bonchev–Trinajstić information content (AvgIpc) is 2.62. The third-order valence-electron chi connectivity index (χ3n) is 3.62. The van der Waals surface area contributed by atoms with Crippen LogP contribution < -0.4 is 15.4 Å². The van der Waals surface area contributed by atoms with Crippen molar-refractivity contribution < 1.29 is 19.1 Å². The highest BCUT2D eigenvalue weighted by Gasteiger charge is 2.08. The Morgan fingerprint density at radius 2 is 1.76 bits per heavy atom. The maximum absolute atomic E-state index is 12.1. The molecule has 0 aromatic heterocycles. The first-order chi connectivity index (χ1) is 12.0. The van der Waals surface area contributed by atoms with E-state index < -0.39 is 0 Å². The number of rotatable bonds is 7. The van der Waals surface area contributed by atoms with E-state index in [-0.39, 0.29) is 11.9 Å². The lowest BCUT2D eigenvalue weighted by Gasteiger charge is -2.11. The molecule has 0 heterocycles. The van der Waals surface area contributed by atoms with Gasteiger partial charge in [0.25, 0.3) is 0 Å². The predicted molar refractivity (Wildman–Crippen MR) is 97.2 cm³/mol. The van der Waals surface area contributed by atoms with Crippen LogP contribution in [-0.4, -0.2) is 32.6 Å². The van der Waals surface area contributed by atoms with Crippen LogP contribution in [0.2, 0.25) is 0 Å². The number of aryl methyl sites for hydroxylation is 1. The van der Waals surface area contributed by atoms with Gasteiger partial charge in [0, 0.05) is 18.7 Å². The molecule has 0 saturated carbocycles. The molecule has 0 aliphatic carbocycles. The van der Waals surface area contributed by atoms with Gasteiger partial charge in [0.1, 0.15) is 5.75 Å². The van der Waals surface area contributed by atoms with Gasteiger partial charge in [-0.25, -0.2) is 4.79 Å². The minimum Gasteiger partial charge on any atom is -0.495 e. The predicted octanol–water partition coefficient (Wildman–Crippen LogP) is 3.23. The second-order valence-corrected chi connectivity index (χ2v) is 5.50. The first-order valence-corrected chi connectivity index (χ1v) is 7.90. The van der Waals surface area contributed by atoms with Gasteiger partial charge in [-0.1, -0.05) is 6.07 Å². The van der Waals surface area contributed by atoms with Crippen molar-refractivity contribution >= 4 is 23.3 Å². The van der Waals surface area contributed by atoms with Crippen molar-refractivity contribution in [3.05, 3.63) is 53.6 Å². The summed E-state index contributed by atoms with van der Waals surface area (Å²) in [7, 11) is 2.91. The number of carbonyl (C=O) groups excluding carboxylic acids is 2. The molecule has 132 valence electrons. The Morgan fingerprint density at radius 3 is 2.40 bits per heavy atom. The summed E-state index contributed by atoms with van der Waals surface area (Å²) in [6, 6.07) is 12.5. The highest BCUT2D eigenvalue weighted by atomic mass is 16.5. The summed E-state index contributed by atoms with van der Waals surface area (Å²) in [6.07, 6.45) is 0.301. The molecule has 6 heteroatoms. The van der Waals surface area contributed by atoms with E-state index in [1.54, 1.807) is 31.4 Å². The maximum Gasteiger partial charge on any atom is 0.337 e. The Morgan fingerprint density at radius 1 is 1.04 bits per heavy atom. The Bertz CT molecular complexity index is 742. The molecule has 0 saturated heterocycles. The van der Waals surface area contributed by atoms with E-state index in [4.69, 9.17) is 4.74 Å². The first kappa shape index (κ1) is 18.3. The second kappa shape index (κ2) is 8.73. The molecule has 6 nitrogen and oxygen atoms in total. The SMILES string of the molecule is COC(=O)c1ccc(NCCC(=O)Nc2cc(C)ccc2OC)cc1. The molecule has 2 N–H and O–H groups in total. The van der Waals surface area contributed by atoms with Crippen LogP contribution in [0.25, 0.3) is 0 Å². The highest BCUT2D eigenvalue weighted by molar-refractivity contribution is 5.92. The van der Waals surface area contributed by atoms with E-state index in [0.717, 1.165) is 11.3 Å². The van der Waals surface area contributed by atoms with E-state index in [1.807, 2.05) is 25.1 Å². The number of methoxy groups -OCH3 is 2. The molecular formula is C19H22N2O4. The molecule has 2 rings (SSSR count). The molecule has 0 radical (unpaired) electrons. The normalized spacial score (nSPS) is 10.0. The van der Waals surface area contributed by atoms with Crippen LogP contribution >= 0.6 is 0 Å². The lowest BCUT2D eigenvalue weighted by atomic mass is 10.2. The fraction of sp³-hybridized carbons (Fsp3) is 0.263. The molecule has 0 atom stereocenters. The number of ether oxygens (including phenoxy) is 2. The zero-order valence-corrected chi connectivity index (χ0v) is 14.6. The lowest BCUT2D eigenvalue weighted by Crippen LogP contribution is -2.16. The topological polar surface area (TPSA) is 76.7 Å². The van der Waals surface area contributed by atoms with Crippen molar-refractivity contribution in [2.75, 3.05) is 31.4 Å². The van der Waals surface area contributed by atoms with Crippen molar-refractivity contribution in [3.63, 3.8) is 0 Å². The lowest BCUT2D eigenvalue weighted by molar-refractivity contribution is -0.116.